The van der Waals surface area contributed by atoms with Gasteiger partial charge in [-0.2, -0.15) is 0 Å². The molecule has 0 unspecified atom stereocenters. The maximum absolute atomic E-state index is 12.9. The summed E-state index contributed by atoms with van der Waals surface area (Å²) in [6.07, 6.45) is 5.35. The SMILES string of the molecule is C=CC[C@@]1(NC(=O)OC(C)(C)C)CCC[C@@H]1[C@@H](C)CO[Si](c1ccccc1)(c1ccccc1)C(C)(C)C. The predicted molar refractivity (Wildman–Crippen MR) is 157 cm³/mol. The van der Waals surface area contributed by atoms with E-state index in [-0.39, 0.29) is 28.5 Å². The van der Waals surface area contributed by atoms with Crippen molar-refractivity contribution < 1.29 is 14.0 Å². The normalized spacial score (nSPS) is 21.3. The van der Waals surface area contributed by atoms with Gasteiger partial charge < -0.3 is 14.5 Å². The second-order valence-corrected chi connectivity index (χ2v) is 17.0. The fourth-order valence-electron chi connectivity index (χ4n) is 6.29. The first-order chi connectivity index (χ1) is 17.3. The second kappa shape index (κ2) is 11.6. The molecule has 1 aliphatic rings. The highest BCUT2D eigenvalue weighted by Crippen LogP contribution is 2.44. The molecule has 1 fully saturated rings. The van der Waals surface area contributed by atoms with Crippen molar-refractivity contribution in [2.45, 2.75) is 90.3 Å². The standard InChI is InChI=1S/C32H47NO3Si/c1-9-22-32(33-29(34)36-30(3,4)5)23-16-21-28(32)25(2)24-35-37(31(6,7)8,26-17-12-10-13-18-26)27-19-14-11-15-20-27/h9-15,17-20,25,28H,1,16,21-24H2,2-8H3,(H,33,34)/t25-,28+,32+/m0/s1. The third-order valence-corrected chi connectivity index (χ3v) is 12.8. The van der Waals surface area contributed by atoms with Gasteiger partial charge >= 0.3 is 6.09 Å². The van der Waals surface area contributed by atoms with Crippen molar-refractivity contribution in [1.29, 1.82) is 0 Å². The van der Waals surface area contributed by atoms with Crippen LogP contribution in [0.3, 0.4) is 0 Å². The molecule has 3 rings (SSSR count). The monoisotopic (exact) mass is 521 g/mol. The Hall–Kier alpha value is -2.37. The first-order valence-electron chi connectivity index (χ1n) is 13.7. The van der Waals surface area contributed by atoms with E-state index in [1.54, 1.807) is 0 Å². The van der Waals surface area contributed by atoms with Gasteiger partial charge in [0.15, 0.2) is 0 Å². The van der Waals surface area contributed by atoms with E-state index in [2.05, 4.69) is 100 Å². The molecule has 0 saturated heterocycles. The lowest BCUT2D eigenvalue weighted by Crippen LogP contribution is -2.67. The molecule has 2 aromatic carbocycles. The average Bonchev–Trinajstić information content (AvgIpc) is 3.21. The van der Waals surface area contributed by atoms with Gasteiger partial charge in [-0.05, 0) is 67.3 Å². The lowest BCUT2D eigenvalue weighted by Gasteiger charge is -2.45. The number of carbonyl (C=O) groups excluding carboxylic acids is 1. The van der Waals surface area contributed by atoms with E-state index < -0.39 is 13.9 Å². The van der Waals surface area contributed by atoms with Crippen LogP contribution < -0.4 is 15.7 Å². The van der Waals surface area contributed by atoms with Gasteiger partial charge in [0.2, 0.25) is 0 Å². The van der Waals surface area contributed by atoms with Crippen LogP contribution in [0.25, 0.3) is 0 Å². The Bertz CT molecular complexity index is 986. The Morgan fingerprint density at radius 2 is 1.59 bits per heavy atom. The maximum atomic E-state index is 12.9. The second-order valence-electron chi connectivity index (χ2n) is 12.7. The van der Waals surface area contributed by atoms with Gasteiger partial charge in [-0.1, -0.05) is 101 Å². The molecular weight excluding hydrogens is 474 g/mol. The van der Waals surface area contributed by atoms with Gasteiger partial charge in [-0.15, -0.1) is 6.58 Å². The zero-order chi connectivity index (χ0) is 27.3. The fourth-order valence-corrected chi connectivity index (χ4v) is 11.0. The Labute approximate surface area is 226 Å². The van der Waals surface area contributed by atoms with Crippen LogP contribution in [0.15, 0.2) is 73.3 Å². The molecule has 1 saturated carbocycles. The van der Waals surface area contributed by atoms with Gasteiger partial charge in [0.25, 0.3) is 8.32 Å². The van der Waals surface area contributed by atoms with Crippen LogP contribution in [-0.4, -0.2) is 32.2 Å². The lowest BCUT2D eigenvalue weighted by atomic mass is 9.77. The van der Waals surface area contributed by atoms with E-state index in [0.717, 1.165) is 25.7 Å². The number of benzene rings is 2. The molecule has 202 valence electrons. The van der Waals surface area contributed by atoms with Gasteiger partial charge in [-0.3, -0.25) is 0 Å². The van der Waals surface area contributed by atoms with Crippen molar-refractivity contribution >= 4 is 24.8 Å². The summed E-state index contributed by atoms with van der Waals surface area (Å²) in [4.78, 5) is 12.9. The van der Waals surface area contributed by atoms with Crippen LogP contribution in [-0.2, 0) is 9.16 Å². The molecule has 1 N–H and O–H groups in total. The Balaban J connectivity index is 1.93. The summed E-state index contributed by atoms with van der Waals surface area (Å²) in [6, 6.07) is 21.6. The molecule has 0 aliphatic heterocycles. The molecular formula is C32H47NO3Si. The number of hydrogen-bond acceptors (Lipinski definition) is 3. The van der Waals surface area contributed by atoms with Crippen LogP contribution in [0.1, 0.15) is 74.1 Å². The molecule has 3 atom stereocenters. The summed E-state index contributed by atoms with van der Waals surface area (Å²) in [5, 5.41) is 5.80. The summed E-state index contributed by atoms with van der Waals surface area (Å²) in [5.74, 6) is 0.523. The Morgan fingerprint density at radius 1 is 1.05 bits per heavy atom. The maximum Gasteiger partial charge on any atom is 0.408 e. The van der Waals surface area contributed by atoms with Crippen LogP contribution in [0, 0.1) is 11.8 Å². The predicted octanol–water partition coefficient (Wildman–Crippen LogP) is 6.84. The molecule has 37 heavy (non-hydrogen) atoms. The molecule has 2 aromatic rings. The summed E-state index contributed by atoms with van der Waals surface area (Å²) in [7, 11) is -2.62. The molecule has 0 radical (unpaired) electrons. The zero-order valence-electron chi connectivity index (χ0n) is 24.0. The van der Waals surface area contributed by atoms with Gasteiger partial charge in [0.05, 0.1) is 0 Å². The molecule has 5 heteroatoms. The third kappa shape index (κ3) is 6.56. The van der Waals surface area contributed by atoms with Crippen molar-refractivity contribution in [3.05, 3.63) is 73.3 Å². The quantitative estimate of drug-likeness (QED) is 0.290. The van der Waals surface area contributed by atoms with Crippen molar-refractivity contribution in [2.24, 2.45) is 11.8 Å². The molecule has 1 amide bonds. The fraction of sp³-hybridized carbons (Fsp3) is 0.531. The van der Waals surface area contributed by atoms with E-state index in [4.69, 9.17) is 9.16 Å². The lowest BCUT2D eigenvalue weighted by molar-refractivity contribution is 0.0382. The van der Waals surface area contributed by atoms with Gasteiger partial charge in [-0.25, -0.2) is 4.79 Å². The molecule has 0 bridgehead atoms. The highest BCUT2D eigenvalue weighted by Gasteiger charge is 2.52. The van der Waals surface area contributed by atoms with Crippen molar-refractivity contribution in [3.63, 3.8) is 0 Å². The molecule has 0 heterocycles. The minimum Gasteiger partial charge on any atom is -0.444 e. The molecule has 1 aliphatic carbocycles. The van der Waals surface area contributed by atoms with E-state index in [1.165, 1.54) is 10.4 Å². The van der Waals surface area contributed by atoms with E-state index >= 15 is 0 Å². The Kier molecular flexibility index (Phi) is 9.13. The van der Waals surface area contributed by atoms with E-state index in [9.17, 15) is 4.79 Å². The number of nitrogens with one attached hydrogen (secondary N) is 1. The zero-order valence-corrected chi connectivity index (χ0v) is 25.0. The highest BCUT2D eigenvalue weighted by atomic mass is 28.4. The first-order valence-corrected chi connectivity index (χ1v) is 15.6. The van der Waals surface area contributed by atoms with E-state index in [0.29, 0.717) is 6.61 Å². The highest BCUT2D eigenvalue weighted by molar-refractivity contribution is 6.99. The third-order valence-electron chi connectivity index (χ3n) is 7.77. The largest absolute Gasteiger partial charge is 0.444 e. The summed E-state index contributed by atoms with van der Waals surface area (Å²) >= 11 is 0. The number of ether oxygens (including phenoxy) is 1. The van der Waals surface area contributed by atoms with Crippen molar-refractivity contribution in [2.75, 3.05) is 6.61 Å². The van der Waals surface area contributed by atoms with Crippen LogP contribution in [0.5, 0.6) is 0 Å². The van der Waals surface area contributed by atoms with Gasteiger partial charge in [0, 0.05) is 12.1 Å². The minimum atomic E-state index is -2.62. The first kappa shape index (κ1) is 29.2. The summed E-state index contributed by atoms with van der Waals surface area (Å²) in [5.41, 5.74) is -0.899. The van der Waals surface area contributed by atoms with E-state index in [1.807, 2.05) is 26.8 Å². The van der Waals surface area contributed by atoms with Crippen molar-refractivity contribution in [1.82, 2.24) is 5.32 Å². The molecule has 0 spiro atoms. The molecule has 4 nitrogen and oxygen atoms in total. The number of carbonyl (C=O) groups is 1. The number of alkyl carbamates (subject to hydrolysis) is 1. The van der Waals surface area contributed by atoms with Crippen LogP contribution >= 0.6 is 0 Å². The van der Waals surface area contributed by atoms with Crippen LogP contribution in [0.2, 0.25) is 5.04 Å². The van der Waals surface area contributed by atoms with Crippen LogP contribution in [0.4, 0.5) is 4.79 Å². The average molecular weight is 522 g/mol. The minimum absolute atomic E-state index is 0.0714. The Morgan fingerprint density at radius 3 is 2.05 bits per heavy atom. The number of hydrogen-bond donors (Lipinski definition) is 1. The number of rotatable bonds is 9. The van der Waals surface area contributed by atoms with Gasteiger partial charge in [0.1, 0.15) is 5.60 Å². The number of amides is 1. The summed E-state index contributed by atoms with van der Waals surface area (Å²) in [6.45, 7) is 19.6. The topological polar surface area (TPSA) is 47.6 Å². The van der Waals surface area contributed by atoms with Crippen molar-refractivity contribution in [3.8, 4) is 0 Å². The molecule has 0 aromatic heterocycles. The summed E-state index contributed by atoms with van der Waals surface area (Å²) < 4.78 is 12.9. The smallest absolute Gasteiger partial charge is 0.408 e.